The molecule has 2 amide bonds. The van der Waals surface area contributed by atoms with E-state index in [0.29, 0.717) is 35.6 Å². The number of fused-ring (bicyclic) bond motifs is 3. The lowest BCUT2D eigenvalue weighted by Crippen LogP contribution is -2.51. The van der Waals surface area contributed by atoms with Crippen molar-refractivity contribution in [3.63, 3.8) is 0 Å². The van der Waals surface area contributed by atoms with Crippen LogP contribution in [0, 0.1) is 29.0 Å². The van der Waals surface area contributed by atoms with Crippen LogP contribution in [0.5, 0.6) is 0 Å². The van der Waals surface area contributed by atoms with Crippen molar-refractivity contribution >= 4 is 29.1 Å². The highest BCUT2D eigenvalue weighted by atomic mass is 32.1. The van der Waals surface area contributed by atoms with Gasteiger partial charge in [0.15, 0.2) is 5.78 Å². The number of carbonyl (C=O) groups excluding carboxylic acids is 3. The number of amides is 2. The maximum Gasteiger partial charge on any atom is 0.411 e. The molecule has 6 rings (SSSR count). The van der Waals surface area contributed by atoms with E-state index in [1.807, 2.05) is 16.8 Å². The van der Waals surface area contributed by atoms with Crippen molar-refractivity contribution in [3.05, 3.63) is 64.5 Å². The zero-order chi connectivity index (χ0) is 31.2. The lowest BCUT2D eigenvalue weighted by molar-refractivity contribution is -0.126. The molecule has 2 fully saturated rings. The lowest BCUT2D eigenvalue weighted by atomic mass is 9.87. The Morgan fingerprint density at radius 2 is 1.98 bits per heavy atom. The van der Waals surface area contributed by atoms with E-state index < -0.39 is 29.5 Å². The molecule has 44 heavy (non-hydrogen) atoms. The Morgan fingerprint density at radius 3 is 2.73 bits per heavy atom. The van der Waals surface area contributed by atoms with Gasteiger partial charge in [0.25, 0.3) is 5.91 Å². The maximum absolute atomic E-state index is 15.3. The first kappa shape index (κ1) is 30.0. The molecule has 9 nitrogen and oxygen atoms in total. The minimum atomic E-state index is -0.728. The smallest absolute Gasteiger partial charge is 0.411 e. The monoisotopic (exact) mass is 617 g/mol. The van der Waals surface area contributed by atoms with Crippen LogP contribution >= 0.6 is 11.3 Å². The number of nitrogens with zero attached hydrogens (tertiary/aromatic N) is 5. The van der Waals surface area contributed by atoms with Gasteiger partial charge < -0.3 is 9.64 Å². The van der Waals surface area contributed by atoms with Gasteiger partial charge in [0.2, 0.25) is 0 Å². The second-order valence-electron chi connectivity index (χ2n) is 13.0. The van der Waals surface area contributed by atoms with Crippen molar-refractivity contribution in [1.29, 1.82) is 5.26 Å². The fourth-order valence-corrected chi connectivity index (χ4v) is 7.73. The standard InChI is InChI=1S/C33H36FN5O4S/c1-33(2,3)43-32(42)39-24-7-6-23(16-24)30(39)27(40)15-20(18-35)14-21-4-5-22(17-26(21)34)28-8-9-29(44-28)31(41)37-12-13-38-25(19-37)10-11-36-38/h4-5,8-11,17,20,23-24,30H,6-7,12-16,19H2,1-3H3/t20-,23+,24-,30+/m1/s1. The van der Waals surface area contributed by atoms with E-state index >= 15 is 4.39 Å². The van der Waals surface area contributed by atoms with E-state index in [9.17, 15) is 19.6 Å². The van der Waals surface area contributed by atoms with Crippen molar-refractivity contribution in [2.45, 2.75) is 83.6 Å². The van der Waals surface area contributed by atoms with Gasteiger partial charge in [0.1, 0.15) is 11.4 Å². The number of piperidine rings is 1. The molecule has 1 saturated heterocycles. The van der Waals surface area contributed by atoms with Crippen LogP contribution in [0.4, 0.5) is 9.18 Å². The molecule has 1 aromatic carbocycles. The van der Waals surface area contributed by atoms with Crippen molar-refractivity contribution in [2.75, 3.05) is 6.54 Å². The van der Waals surface area contributed by atoms with Crippen molar-refractivity contribution in [3.8, 4) is 16.5 Å². The van der Waals surface area contributed by atoms with Gasteiger partial charge in [-0.05, 0) is 87.8 Å². The zero-order valence-corrected chi connectivity index (χ0v) is 26.0. The molecule has 4 atom stereocenters. The average Bonchev–Trinajstić information content (AvgIpc) is 3.79. The van der Waals surface area contributed by atoms with Crippen molar-refractivity contribution in [2.24, 2.45) is 11.8 Å². The fourth-order valence-electron chi connectivity index (χ4n) is 6.76. The predicted molar refractivity (Wildman–Crippen MR) is 162 cm³/mol. The summed E-state index contributed by atoms with van der Waals surface area (Å²) in [5.41, 5.74) is 1.31. The number of rotatable bonds is 7. The normalized spacial score (nSPS) is 21.6. The SMILES string of the molecule is CC(C)(C)OC(=O)N1[C@@H]2CC[C@@H](C2)[C@H]1C(=O)C[C@H](C#N)Cc1ccc(-c2ccc(C(=O)N3CCn4nccc4C3)s2)cc1F. The number of Topliss-reactive ketones (excluding diaryl/α,β-unsaturated/α-hetero) is 1. The van der Waals surface area contributed by atoms with Gasteiger partial charge >= 0.3 is 6.09 Å². The molecule has 0 N–H and O–H groups in total. The zero-order valence-electron chi connectivity index (χ0n) is 25.2. The summed E-state index contributed by atoms with van der Waals surface area (Å²) < 4.78 is 22.8. The largest absolute Gasteiger partial charge is 0.444 e. The number of hydrogen-bond donors (Lipinski definition) is 0. The molecule has 0 unspecified atom stereocenters. The Labute approximate surface area is 260 Å². The first-order valence-corrected chi connectivity index (χ1v) is 15.9. The highest BCUT2D eigenvalue weighted by molar-refractivity contribution is 7.17. The Hall–Kier alpha value is -4.04. The van der Waals surface area contributed by atoms with Crippen molar-refractivity contribution in [1.82, 2.24) is 19.6 Å². The molecule has 11 heteroatoms. The number of ether oxygens (including phenoxy) is 1. The Kier molecular flexibility index (Phi) is 8.05. The fraction of sp³-hybridized carbons (Fsp3) is 0.485. The molecule has 230 valence electrons. The van der Waals surface area contributed by atoms with E-state index in [-0.39, 0.29) is 36.5 Å². The van der Waals surface area contributed by atoms with E-state index in [4.69, 9.17) is 4.74 Å². The lowest BCUT2D eigenvalue weighted by Gasteiger charge is -2.35. The van der Waals surface area contributed by atoms with Crippen LogP contribution in [0.3, 0.4) is 0 Å². The minimum Gasteiger partial charge on any atom is -0.444 e. The van der Waals surface area contributed by atoms with Crippen LogP contribution in [0.1, 0.15) is 67.4 Å². The highest BCUT2D eigenvalue weighted by Gasteiger charge is 2.52. The third kappa shape index (κ3) is 6.00. The molecule has 0 radical (unpaired) electrons. The van der Waals surface area contributed by atoms with Crippen molar-refractivity contribution < 1.29 is 23.5 Å². The highest BCUT2D eigenvalue weighted by Crippen LogP contribution is 2.44. The van der Waals surface area contributed by atoms with Gasteiger partial charge in [-0.25, -0.2) is 9.18 Å². The quantitative estimate of drug-likeness (QED) is 0.330. The molecule has 2 aromatic heterocycles. The number of ketones is 1. The van der Waals surface area contributed by atoms with Gasteiger partial charge in [-0.1, -0.05) is 12.1 Å². The first-order chi connectivity index (χ1) is 21.0. The van der Waals surface area contributed by atoms with Crippen LogP contribution in [0.15, 0.2) is 42.6 Å². The number of aromatic nitrogens is 2. The van der Waals surface area contributed by atoms with Crippen LogP contribution in [0.2, 0.25) is 0 Å². The van der Waals surface area contributed by atoms with E-state index in [1.165, 1.54) is 17.4 Å². The Balaban J connectivity index is 1.10. The number of thiophene rings is 1. The molecular weight excluding hydrogens is 581 g/mol. The van der Waals surface area contributed by atoms with Gasteiger partial charge in [0, 0.05) is 30.1 Å². The van der Waals surface area contributed by atoms with Gasteiger partial charge in [0.05, 0.1) is 41.7 Å². The second kappa shape index (κ2) is 11.8. The third-order valence-electron chi connectivity index (χ3n) is 8.80. The minimum absolute atomic E-state index is 0.0214. The molecule has 4 heterocycles. The van der Waals surface area contributed by atoms with E-state index in [2.05, 4.69) is 11.2 Å². The summed E-state index contributed by atoms with van der Waals surface area (Å²) in [6, 6.07) is 11.9. The van der Waals surface area contributed by atoms with Crippen LogP contribution in [-0.4, -0.2) is 61.6 Å². The summed E-state index contributed by atoms with van der Waals surface area (Å²) in [7, 11) is 0. The Morgan fingerprint density at radius 1 is 1.16 bits per heavy atom. The van der Waals surface area contributed by atoms with Crippen LogP contribution in [-0.2, 0) is 29.0 Å². The molecule has 1 saturated carbocycles. The molecule has 0 spiro atoms. The number of nitriles is 1. The topological polar surface area (TPSA) is 109 Å². The molecule has 3 aromatic rings. The molecule has 2 bridgehead atoms. The molecule has 3 aliphatic rings. The predicted octanol–water partition coefficient (Wildman–Crippen LogP) is 5.84. The summed E-state index contributed by atoms with van der Waals surface area (Å²) in [4.78, 5) is 44.3. The third-order valence-corrected chi connectivity index (χ3v) is 9.92. The number of halogens is 1. The van der Waals surface area contributed by atoms with Gasteiger partial charge in [-0.3, -0.25) is 19.2 Å². The van der Waals surface area contributed by atoms with E-state index in [0.717, 1.165) is 29.8 Å². The van der Waals surface area contributed by atoms with Gasteiger partial charge in [-0.15, -0.1) is 11.3 Å². The van der Waals surface area contributed by atoms with E-state index in [1.54, 1.807) is 55.0 Å². The number of carbonyl (C=O) groups is 3. The summed E-state index contributed by atoms with van der Waals surface area (Å²) in [6.07, 6.45) is 3.76. The number of hydrogen-bond acceptors (Lipinski definition) is 7. The van der Waals surface area contributed by atoms with Crippen LogP contribution in [0.25, 0.3) is 10.4 Å². The number of benzene rings is 1. The summed E-state index contributed by atoms with van der Waals surface area (Å²) in [5, 5.41) is 14.2. The van der Waals surface area contributed by atoms with Gasteiger partial charge in [-0.2, -0.15) is 10.4 Å². The molecular formula is C33H36FN5O4S. The summed E-state index contributed by atoms with van der Waals surface area (Å²) in [5.74, 6) is -1.35. The second-order valence-corrected chi connectivity index (χ2v) is 14.1. The molecule has 1 aliphatic carbocycles. The first-order valence-electron chi connectivity index (χ1n) is 15.1. The summed E-state index contributed by atoms with van der Waals surface area (Å²) >= 11 is 1.32. The number of likely N-dealkylation sites (tertiary alicyclic amines) is 1. The maximum atomic E-state index is 15.3. The van der Waals surface area contributed by atoms with Crippen LogP contribution < -0.4 is 0 Å². The summed E-state index contributed by atoms with van der Waals surface area (Å²) in [6.45, 7) is 7.12. The Bertz CT molecular complexity index is 1630. The average molecular weight is 618 g/mol. The molecule has 2 aliphatic heterocycles.